The molecule has 0 bridgehead atoms. The van der Waals surface area contributed by atoms with Crippen molar-refractivity contribution >= 4 is 16.9 Å². The van der Waals surface area contributed by atoms with Crippen molar-refractivity contribution in [2.75, 3.05) is 0 Å². The Morgan fingerprint density at radius 1 is 1.07 bits per heavy atom. The van der Waals surface area contributed by atoms with Gasteiger partial charge in [-0.25, -0.2) is 4.98 Å². The zero-order valence-corrected chi connectivity index (χ0v) is 22.9. The first-order valence-electron chi connectivity index (χ1n) is 13.3. The fourth-order valence-corrected chi connectivity index (χ4v) is 4.61. The number of H-pyrrole nitrogens is 2. The number of imidazole rings is 1. The molecule has 5 aromatic rings. The van der Waals surface area contributed by atoms with Gasteiger partial charge in [-0.05, 0) is 68.7 Å². The largest absolute Gasteiger partial charge is 0.481 e. The van der Waals surface area contributed by atoms with Crippen LogP contribution in [0.2, 0.25) is 0 Å². The van der Waals surface area contributed by atoms with Crippen molar-refractivity contribution in [3.63, 3.8) is 0 Å². The molecule has 0 saturated carbocycles. The third-order valence-electron chi connectivity index (χ3n) is 6.72. The summed E-state index contributed by atoms with van der Waals surface area (Å²) in [6.07, 6.45) is 3.08. The number of hydrogen-bond donors (Lipinski definition) is 5. The average molecular weight is 539 g/mol. The van der Waals surface area contributed by atoms with Crippen LogP contribution >= 0.6 is 0 Å². The molecule has 0 aliphatic carbocycles. The van der Waals surface area contributed by atoms with Gasteiger partial charge in [-0.1, -0.05) is 36.4 Å². The number of carboxylic acid groups (broad SMARTS) is 1. The van der Waals surface area contributed by atoms with E-state index in [1.165, 1.54) is 0 Å². The van der Waals surface area contributed by atoms with Crippen molar-refractivity contribution in [2.24, 2.45) is 0 Å². The standard InChI is InChI=1S/C32H34N4O4/c1-32(2,3)35-18-25-24-14-15-33-26(24)11-12-28(25)40-23-9-5-8-22(17-23)31-34-19-27(36-31)30(39)21-7-4-6-20(16-21)10-13-29(37)38/h4-9,11-12,14-17,19,30,33,35,39H,10,13,18H2,1-3H3,(H,34,36)(H,37,38). The number of aliphatic carboxylic acids is 1. The second kappa shape index (κ2) is 11.4. The molecule has 0 saturated heterocycles. The summed E-state index contributed by atoms with van der Waals surface area (Å²) in [5.74, 6) is 1.21. The number of aliphatic hydroxyl groups is 1. The number of nitrogens with one attached hydrogen (secondary N) is 3. The highest BCUT2D eigenvalue weighted by Gasteiger charge is 2.17. The summed E-state index contributed by atoms with van der Waals surface area (Å²) in [7, 11) is 0. The molecular formula is C32H34N4O4. The van der Waals surface area contributed by atoms with E-state index in [2.05, 4.69) is 47.1 Å². The molecule has 1 unspecified atom stereocenters. The van der Waals surface area contributed by atoms with Crippen LogP contribution in [0.25, 0.3) is 22.3 Å². The van der Waals surface area contributed by atoms with Gasteiger partial charge < -0.3 is 30.2 Å². The van der Waals surface area contributed by atoms with Gasteiger partial charge in [0, 0.05) is 46.7 Å². The smallest absolute Gasteiger partial charge is 0.303 e. The second-order valence-electron chi connectivity index (χ2n) is 10.9. The van der Waals surface area contributed by atoms with Crippen LogP contribution in [0.5, 0.6) is 11.5 Å². The Morgan fingerprint density at radius 3 is 2.70 bits per heavy atom. The molecular weight excluding hydrogens is 504 g/mol. The van der Waals surface area contributed by atoms with Crippen molar-refractivity contribution in [3.05, 3.63) is 102 Å². The number of fused-ring (bicyclic) bond motifs is 1. The molecule has 2 aromatic heterocycles. The highest BCUT2D eigenvalue weighted by molar-refractivity contribution is 5.85. The van der Waals surface area contributed by atoms with Crippen LogP contribution in [0.4, 0.5) is 0 Å². The molecule has 0 aliphatic heterocycles. The number of hydrogen-bond acceptors (Lipinski definition) is 5. The molecule has 3 aromatic carbocycles. The van der Waals surface area contributed by atoms with E-state index in [9.17, 15) is 9.90 Å². The summed E-state index contributed by atoms with van der Waals surface area (Å²) in [6.45, 7) is 7.07. The number of ether oxygens (including phenoxy) is 1. The van der Waals surface area contributed by atoms with E-state index in [1.807, 2.05) is 66.9 Å². The molecule has 8 nitrogen and oxygen atoms in total. The molecule has 1 atom stereocenters. The van der Waals surface area contributed by atoms with Crippen LogP contribution in [0.15, 0.2) is 79.1 Å². The zero-order valence-electron chi connectivity index (χ0n) is 22.9. The minimum atomic E-state index is -0.920. The lowest BCUT2D eigenvalue weighted by Crippen LogP contribution is -2.35. The predicted molar refractivity (Wildman–Crippen MR) is 155 cm³/mol. The van der Waals surface area contributed by atoms with Crippen molar-refractivity contribution in [1.82, 2.24) is 20.3 Å². The first-order chi connectivity index (χ1) is 19.2. The number of nitrogens with zero attached hydrogens (tertiary/aromatic N) is 1. The predicted octanol–water partition coefficient (Wildman–Crippen LogP) is 6.34. The normalized spacial score (nSPS) is 12.5. The van der Waals surface area contributed by atoms with Crippen molar-refractivity contribution < 1.29 is 19.7 Å². The summed E-state index contributed by atoms with van der Waals surface area (Å²) in [5, 5.41) is 24.6. The van der Waals surface area contributed by atoms with Crippen molar-refractivity contribution in [3.8, 4) is 22.9 Å². The Morgan fingerprint density at radius 2 is 1.90 bits per heavy atom. The van der Waals surface area contributed by atoms with Crippen LogP contribution in [0.1, 0.15) is 55.7 Å². The lowest BCUT2D eigenvalue weighted by atomic mass is 10.0. The van der Waals surface area contributed by atoms with Gasteiger partial charge in [0.05, 0.1) is 11.9 Å². The Kier molecular flexibility index (Phi) is 7.73. The van der Waals surface area contributed by atoms with Gasteiger partial charge >= 0.3 is 5.97 Å². The van der Waals surface area contributed by atoms with Gasteiger partial charge in [0.25, 0.3) is 0 Å². The molecule has 5 rings (SSSR count). The maximum absolute atomic E-state index is 11.0. The number of benzene rings is 3. The quantitative estimate of drug-likeness (QED) is 0.141. The molecule has 0 aliphatic rings. The fraction of sp³-hybridized carbons (Fsp3) is 0.250. The average Bonchev–Trinajstić information content (AvgIpc) is 3.61. The molecule has 0 radical (unpaired) electrons. The van der Waals surface area contributed by atoms with E-state index in [4.69, 9.17) is 9.84 Å². The summed E-state index contributed by atoms with van der Waals surface area (Å²) >= 11 is 0. The Bertz CT molecular complexity index is 1630. The van der Waals surface area contributed by atoms with Crippen molar-refractivity contribution in [1.29, 1.82) is 0 Å². The number of aliphatic hydroxyl groups excluding tert-OH is 1. The Hall–Kier alpha value is -4.40. The topological polar surface area (TPSA) is 123 Å². The van der Waals surface area contributed by atoms with Crippen LogP contribution in [-0.4, -0.2) is 36.7 Å². The lowest BCUT2D eigenvalue weighted by Gasteiger charge is -2.22. The third kappa shape index (κ3) is 6.42. The first-order valence-corrected chi connectivity index (χ1v) is 13.3. The van der Waals surface area contributed by atoms with Crippen LogP contribution < -0.4 is 10.1 Å². The number of carbonyl (C=O) groups is 1. The van der Waals surface area contributed by atoms with Gasteiger partial charge in [-0.3, -0.25) is 4.79 Å². The van der Waals surface area contributed by atoms with Gasteiger partial charge in [0.2, 0.25) is 0 Å². The minimum Gasteiger partial charge on any atom is -0.481 e. The lowest BCUT2D eigenvalue weighted by molar-refractivity contribution is -0.136. The summed E-state index contributed by atoms with van der Waals surface area (Å²) < 4.78 is 6.40. The number of rotatable bonds is 10. The molecule has 40 heavy (non-hydrogen) atoms. The summed E-state index contributed by atoms with van der Waals surface area (Å²) in [5.41, 5.74) is 4.99. The molecule has 0 spiro atoms. The zero-order chi connectivity index (χ0) is 28.3. The Balaban J connectivity index is 1.36. The van der Waals surface area contributed by atoms with E-state index in [0.29, 0.717) is 35.8 Å². The maximum atomic E-state index is 11.0. The summed E-state index contributed by atoms with van der Waals surface area (Å²) in [4.78, 5) is 21.9. The number of aromatic nitrogens is 3. The number of aryl methyl sites for hydroxylation is 1. The van der Waals surface area contributed by atoms with Crippen LogP contribution in [0, 0.1) is 0 Å². The van der Waals surface area contributed by atoms with Crippen LogP contribution in [0.3, 0.4) is 0 Å². The number of aromatic amines is 2. The van der Waals surface area contributed by atoms with Gasteiger partial charge in [-0.2, -0.15) is 0 Å². The Labute approximate surface area is 233 Å². The second-order valence-corrected chi connectivity index (χ2v) is 10.9. The first kappa shape index (κ1) is 27.2. The van der Waals surface area contributed by atoms with Crippen LogP contribution in [-0.2, 0) is 17.8 Å². The van der Waals surface area contributed by atoms with Crippen molar-refractivity contribution in [2.45, 2.75) is 51.8 Å². The highest BCUT2D eigenvalue weighted by atomic mass is 16.5. The van der Waals surface area contributed by atoms with Gasteiger partial charge in [0.1, 0.15) is 23.4 Å². The van der Waals surface area contributed by atoms with E-state index < -0.39 is 12.1 Å². The fourth-order valence-electron chi connectivity index (χ4n) is 4.61. The van der Waals surface area contributed by atoms with E-state index in [0.717, 1.165) is 33.3 Å². The van der Waals surface area contributed by atoms with E-state index >= 15 is 0 Å². The third-order valence-corrected chi connectivity index (χ3v) is 6.72. The molecule has 5 N–H and O–H groups in total. The minimum absolute atomic E-state index is 0.0415. The van der Waals surface area contributed by atoms with E-state index in [-0.39, 0.29) is 12.0 Å². The molecule has 8 heteroatoms. The monoisotopic (exact) mass is 538 g/mol. The van der Waals surface area contributed by atoms with E-state index in [1.54, 1.807) is 6.20 Å². The SMILES string of the molecule is CC(C)(C)NCc1c(Oc2cccc(-c3ncc(C(O)c4cccc(CCC(=O)O)c4)[nH]3)c2)ccc2[nH]ccc12. The molecule has 0 amide bonds. The van der Waals surface area contributed by atoms with Gasteiger partial charge in [-0.15, -0.1) is 0 Å². The molecule has 2 heterocycles. The number of carboxylic acids is 1. The maximum Gasteiger partial charge on any atom is 0.303 e. The summed E-state index contributed by atoms with van der Waals surface area (Å²) in [6, 6.07) is 21.1. The molecule has 0 fully saturated rings. The van der Waals surface area contributed by atoms with Gasteiger partial charge in [0.15, 0.2) is 0 Å². The highest BCUT2D eigenvalue weighted by Crippen LogP contribution is 2.33. The molecule has 206 valence electrons.